The Bertz CT molecular complexity index is 351. The maximum Gasteiger partial charge on any atom is 0.347 e. The van der Waals surface area contributed by atoms with Crippen molar-refractivity contribution in [1.82, 2.24) is 0 Å². The SMILES string of the molecule is O=P(O)(O)C(Cl)c1cccc(Br)c1. The Morgan fingerprint density at radius 2 is 2.08 bits per heavy atom. The normalized spacial score (nSPS) is 14.2. The molecule has 0 fully saturated rings. The first-order valence-electron chi connectivity index (χ1n) is 3.36. The van der Waals surface area contributed by atoms with Crippen molar-refractivity contribution in [3.05, 3.63) is 34.3 Å². The second-order valence-corrected chi connectivity index (χ2v) is 5.83. The van der Waals surface area contributed by atoms with E-state index in [1.54, 1.807) is 24.3 Å². The van der Waals surface area contributed by atoms with Gasteiger partial charge in [0, 0.05) is 4.47 Å². The van der Waals surface area contributed by atoms with E-state index >= 15 is 0 Å². The highest BCUT2D eigenvalue weighted by molar-refractivity contribution is 9.10. The van der Waals surface area contributed by atoms with Crippen LogP contribution < -0.4 is 0 Å². The molecule has 1 unspecified atom stereocenters. The van der Waals surface area contributed by atoms with E-state index in [9.17, 15) is 4.57 Å². The monoisotopic (exact) mass is 284 g/mol. The Kier molecular flexibility index (Phi) is 3.55. The summed E-state index contributed by atoms with van der Waals surface area (Å²) in [5.74, 6) is 0. The summed E-state index contributed by atoms with van der Waals surface area (Å²) in [6.07, 6.45) is 0. The van der Waals surface area contributed by atoms with Crippen molar-refractivity contribution in [2.45, 2.75) is 5.12 Å². The zero-order chi connectivity index (χ0) is 10.1. The van der Waals surface area contributed by atoms with Gasteiger partial charge in [0.2, 0.25) is 0 Å². The number of rotatable bonds is 2. The van der Waals surface area contributed by atoms with Gasteiger partial charge < -0.3 is 9.79 Å². The molecular weight excluding hydrogens is 278 g/mol. The van der Waals surface area contributed by atoms with Gasteiger partial charge in [0.05, 0.1) is 0 Å². The van der Waals surface area contributed by atoms with Gasteiger partial charge in [0.1, 0.15) is 0 Å². The number of hydrogen-bond donors (Lipinski definition) is 2. The molecule has 0 spiro atoms. The number of benzene rings is 1. The molecule has 13 heavy (non-hydrogen) atoms. The van der Waals surface area contributed by atoms with Gasteiger partial charge in [-0.1, -0.05) is 28.1 Å². The van der Waals surface area contributed by atoms with E-state index in [0.717, 1.165) is 4.47 Å². The molecule has 0 radical (unpaired) electrons. The summed E-state index contributed by atoms with van der Waals surface area (Å²) in [6, 6.07) is 6.58. The van der Waals surface area contributed by atoms with Gasteiger partial charge >= 0.3 is 7.60 Å². The molecule has 3 nitrogen and oxygen atoms in total. The summed E-state index contributed by atoms with van der Waals surface area (Å²) in [7, 11) is -4.25. The average molecular weight is 285 g/mol. The minimum absolute atomic E-state index is 0.407. The van der Waals surface area contributed by atoms with Crippen molar-refractivity contribution in [3.8, 4) is 0 Å². The first kappa shape index (κ1) is 11.2. The van der Waals surface area contributed by atoms with Crippen LogP contribution in [0.1, 0.15) is 10.7 Å². The first-order valence-corrected chi connectivity index (χ1v) is 6.27. The summed E-state index contributed by atoms with van der Waals surface area (Å²) < 4.78 is 11.5. The molecule has 0 heterocycles. The molecule has 0 amide bonds. The Morgan fingerprint density at radius 3 is 2.54 bits per heavy atom. The van der Waals surface area contributed by atoms with E-state index in [4.69, 9.17) is 21.4 Å². The lowest BCUT2D eigenvalue weighted by atomic mass is 10.2. The average Bonchev–Trinajstić information content (AvgIpc) is 2.01. The van der Waals surface area contributed by atoms with Gasteiger partial charge in [-0.15, -0.1) is 11.6 Å². The van der Waals surface area contributed by atoms with Crippen molar-refractivity contribution < 1.29 is 14.4 Å². The fraction of sp³-hybridized carbons (Fsp3) is 0.143. The van der Waals surface area contributed by atoms with Crippen LogP contribution in [-0.4, -0.2) is 9.79 Å². The van der Waals surface area contributed by atoms with Crippen LogP contribution in [0.3, 0.4) is 0 Å². The Hall–Kier alpha value is 0.140. The second-order valence-electron chi connectivity index (χ2n) is 2.48. The quantitative estimate of drug-likeness (QED) is 0.649. The maximum atomic E-state index is 10.8. The van der Waals surface area contributed by atoms with Gasteiger partial charge in [-0.05, 0) is 17.7 Å². The molecule has 0 saturated heterocycles. The van der Waals surface area contributed by atoms with Gasteiger partial charge in [-0.25, -0.2) is 0 Å². The fourth-order valence-electron chi connectivity index (χ4n) is 0.849. The van der Waals surface area contributed by atoms with Crippen molar-refractivity contribution in [2.24, 2.45) is 0 Å². The topological polar surface area (TPSA) is 57.5 Å². The Morgan fingerprint density at radius 1 is 1.46 bits per heavy atom. The summed E-state index contributed by atoms with van der Waals surface area (Å²) >= 11 is 8.76. The van der Waals surface area contributed by atoms with Crippen LogP contribution >= 0.6 is 35.1 Å². The Labute approximate surface area is 89.0 Å². The standard InChI is InChI=1S/C7H7BrClO3P/c8-6-3-1-2-5(4-6)7(9)13(10,11)12/h1-4,7H,(H2,10,11,12). The minimum Gasteiger partial charge on any atom is -0.323 e. The molecule has 0 aliphatic carbocycles. The molecule has 0 saturated carbocycles. The maximum absolute atomic E-state index is 10.8. The molecule has 0 aliphatic heterocycles. The van der Waals surface area contributed by atoms with Gasteiger partial charge in [-0.2, -0.15) is 0 Å². The molecular formula is C7H7BrClO3P. The molecule has 1 rings (SSSR count). The summed E-state index contributed by atoms with van der Waals surface area (Å²) in [5, 5.41) is -1.27. The van der Waals surface area contributed by atoms with Gasteiger partial charge in [-0.3, -0.25) is 4.57 Å². The van der Waals surface area contributed by atoms with E-state index < -0.39 is 12.7 Å². The third-order valence-corrected chi connectivity index (χ3v) is 3.82. The van der Waals surface area contributed by atoms with E-state index in [0.29, 0.717) is 5.56 Å². The molecule has 1 aromatic rings. The van der Waals surface area contributed by atoms with Crippen LogP contribution in [0.5, 0.6) is 0 Å². The molecule has 72 valence electrons. The van der Waals surface area contributed by atoms with Crippen LogP contribution in [0.15, 0.2) is 28.7 Å². The molecule has 1 aromatic carbocycles. The van der Waals surface area contributed by atoms with E-state index in [1.165, 1.54) is 0 Å². The largest absolute Gasteiger partial charge is 0.347 e. The summed E-state index contributed by atoms with van der Waals surface area (Å²) in [4.78, 5) is 17.6. The van der Waals surface area contributed by atoms with Crippen molar-refractivity contribution in [1.29, 1.82) is 0 Å². The molecule has 0 aromatic heterocycles. The zero-order valence-corrected chi connectivity index (χ0v) is 9.63. The highest BCUT2D eigenvalue weighted by Crippen LogP contribution is 2.54. The first-order chi connectivity index (χ1) is 5.91. The number of alkyl halides is 1. The number of hydrogen-bond acceptors (Lipinski definition) is 1. The van der Waals surface area contributed by atoms with E-state index in [1.807, 2.05) is 0 Å². The molecule has 6 heteroatoms. The fourth-order valence-corrected chi connectivity index (χ4v) is 1.95. The van der Waals surface area contributed by atoms with Crippen LogP contribution in [0, 0.1) is 0 Å². The summed E-state index contributed by atoms with van der Waals surface area (Å²) in [5.41, 5.74) is 0.407. The van der Waals surface area contributed by atoms with Crippen molar-refractivity contribution in [3.63, 3.8) is 0 Å². The minimum atomic E-state index is -4.25. The lowest BCUT2D eigenvalue weighted by Crippen LogP contribution is -1.91. The second kappa shape index (κ2) is 4.11. The van der Waals surface area contributed by atoms with E-state index in [2.05, 4.69) is 15.9 Å². The highest BCUT2D eigenvalue weighted by atomic mass is 79.9. The van der Waals surface area contributed by atoms with Crippen LogP contribution in [-0.2, 0) is 4.57 Å². The lowest BCUT2D eigenvalue weighted by Gasteiger charge is -2.11. The van der Waals surface area contributed by atoms with Crippen molar-refractivity contribution >= 4 is 35.1 Å². The predicted molar refractivity (Wildman–Crippen MR) is 54.8 cm³/mol. The third kappa shape index (κ3) is 3.08. The number of halogens is 2. The Balaban J connectivity index is 3.02. The molecule has 2 N–H and O–H groups in total. The van der Waals surface area contributed by atoms with E-state index in [-0.39, 0.29) is 0 Å². The van der Waals surface area contributed by atoms with Gasteiger partial charge in [0.15, 0.2) is 5.12 Å². The third-order valence-electron chi connectivity index (χ3n) is 1.42. The lowest BCUT2D eigenvalue weighted by molar-refractivity contribution is 0.370. The molecule has 0 aliphatic rings. The molecule has 0 bridgehead atoms. The molecule has 1 atom stereocenters. The van der Waals surface area contributed by atoms with Crippen LogP contribution in [0.25, 0.3) is 0 Å². The van der Waals surface area contributed by atoms with Crippen molar-refractivity contribution in [2.75, 3.05) is 0 Å². The zero-order valence-electron chi connectivity index (χ0n) is 6.39. The van der Waals surface area contributed by atoms with Crippen LogP contribution in [0.2, 0.25) is 0 Å². The summed E-state index contributed by atoms with van der Waals surface area (Å²) in [6.45, 7) is 0. The smallest absolute Gasteiger partial charge is 0.323 e. The highest BCUT2D eigenvalue weighted by Gasteiger charge is 2.27. The predicted octanol–water partition coefficient (Wildman–Crippen LogP) is 2.86. The van der Waals surface area contributed by atoms with Crippen LogP contribution in [0.4, 0.5) is 0 Å². The van der Waals surface area contributed by atoms with Gasteiger partial charge in [0.25, 0.3) is 0 Å².